The van der Waals surface area contributed by atoms with E-state index in [4.69, 9.17) is 9.84 Å². The van der Waals surface area contributed by atoms with Gasteiger partial charge in [0.25, 0.3) is 0 Å². The highest BCUT2D eigenvalue weighted by Crippen LogP contribution is 1.97. The Bertz CT molecular complexity index is 191. The number of amides is 1. The summed E-state index contributed by atoms with van der Waals surface area (Å²) in [4.78, 5) is 11.5. The third-order valence-electron chi connectivity index (χ3n) is 2.32. The van der Waals surface area contributed by atoms with Crippen LogP contribution in [0.3, 0.4) is 0 Å². The van der Waals surface area contributed by atoms with Gasteiger partial charge in [-0.1, -0.05) is 0 Å². The summed E-state index contributed by atoms with van der Waals surface area (Å²) in [6.45, 7) is 4.33. The van der Waals surface area contributed by atoms with Crippen molar-refractivity contribution in [1.82, 2.24) is 10.6 Å². The van der Waals surface area contributed by atoms with Gasteiger partial charge < -0.3 is 20.5 Å². The van der Waals surface area contributed by atoms with E-state index in [0.717, 1.165) is 13.0 Å². The lowest BCUT2D eigenvalue weighted by atomic mass is 10.2. The van der Waals surface area contributed by atoms with Crippen LogP contribution in [0.25, 0.3) is 0 Å². The van der Waals surface area contributed by atoms with Crippen molar-refractivity contribution in [2.24, 2.45) is 0 Å². The number of hydrogen-bond acceptors (Lipinski definition) is 4. The number of nitrogens with one attached hydrogen (secondary N) is 2. The fourth-order valence-corrected chi connectivity index (χ4v) is 1.46. The predicted octanol–water partition coefficient (Wildman–Crippen LogP) is -0.748. The second-order valence-corrected chi connectivity index (χ2v) is 3.85. The predicted molar refractivity (Wildman–Crippen MR) is 56.5 cm³/mol. The second-order valence-electron chi connectivity index (χ2n) is 3.85. The summed E-state index contributed by atoms with van der Waals surface area (Å²) in [5.41, 5.74) is 0. The molecular formula is C10H20N2O3. The summed E-state index contributed by atoms with van der Waals surface area (Å²) < 4.78 is 5.29. The van der Waals surface area contributed by atoms with Crippen molar-refractivity contribution in [2.45, 2.75) is 32.0 Å². The van der Waals surface area contributed by atoms with Crippen molar-refractivity contribution >= 4 is 5.91 Å². The maximum absolute atomic E-state index is 11.5. The minimum atomic E-state index is -0.356. The third-order valence-corrected chi connectivity index (χ3v) is 2.32. The van der Waals surface area contributed by atoms with E-state index in [1.165, 1.54) is 0 Å². The van der Waals surface area contributed by atoms with Gasteiger partial charge in [-0.15, -0.1) is 0 Å². The first-order chi connectivity index (χ1) is 7.20. The van der Waals surface area contributed by atoms with E-state index in [-0.39, 0.29) is 18.1 Å². The van der Waals surface area contributed by atoms with Crippen LogP contribution in [-0.2, 0) is 9.53 Å². The number of aliphatic hydroxyl groups is 1. The lowest BCUT2D eigenvalue weighted by molar-refractivity contribution is -0.134. The Morgan fingerprint density at radius 2 is 2.53 bits per heavy atom. The molecule has 0 aromatic heterocycles. The molecule has 5 nitrogen and oxygen atoms in total. The van der Waals surface area contributed by atoms with Gasteiger partial charge in [-0.3, -0.25) is 4.79 Å². The number of aliphatic hydroxyl groups excluding tert-OH is 1. The Labute approximate surface area is 90.2 Å². The van der Waals surface area contributed by atoms with Crippen molar-refractivity contribution in [2.75, 3.05) is 26.2 Å². The molecular weight excluding hydrogens is 196 g/mol. The van der Waals surface area contributed by atoms with E-state index in [0.29, 0.717) is 26.1 Å². The first kappa shape index (κ1) is 12.4. The molecule has 2 atom stereocenters. The zero-order valence-corrected chi connectivity index (χ0v) is 9.16. The van der Waals surface area contributed by atoms with Gasteiger partial charge in [-0.2, -0.15) is 0 Å². The standard InChI is InChI=1S/C10H20N2O3/c1-8(13)3-2-4-12-10(14)9-7-11-5-6-15-9/h8-9,11,13H,2-7H2,1H3,(H,12,14). The molecule has 0 saturated carbocycles. The second kappa shape index (κ2) is 6.76. The summed E-state index contributed by atoms with van der Waals surface area (Å²) in [7, 11) is 0. The zero-order valence-electron chi connectivity index (χ0n) is 9.16. The molecule has 0 aromatic rings. The highest BCUT2D eigenvalue weighted by Gasteiger charge is 2.20. The molecule has 1 aliphatic heterocycles. The lowest BCUT2D eigenvalue weighted by Gasteiger charge is -2.22. The summed E-state index contributed by atoms with van der Waals surface area (Å²) in [5.74, 6) is -0.0622. The number of hydrogen-bond donors (Lipinski definition) is 3. The number of carbonyl (C=O) groups excluding carboxylic acids is 1. The quantitative estimate of drug-likeness (QED) is 0.529. The molecule has 3 N–H and O–H groups in total. The average molecular weight is 216 g/mol. The van der Waals surface area contributed by atoms with Crippen LogP contribution in [0.2, 0.25) is 0 Å². The van der Waals surface area contributed by atoms with Gasteiger partial charge in [-0.05, 0) is 19.8 Å². The van der Waals surface area contributed by atoms with Gasteiger partial charge in [0.15, 0.2) is 0 Å². The Morgan fingerprint density at radius 3 is 3.13 bits per heavy atom. The van der Waals surface area contributed by atoms with E-state index < -0.39 is 0 Å². The Hall–Kier alpha value is -0.650. The Kier molecular flexibility index (Phi) is 5.60. The fraction of sp³-hybridized carbons (Fsp3) is 0.900. The highest BCUT2D eigenvalue weighted by molar-refractivity contribution is 5.81. The minimum Gasteiger partial charge on any atom is -0.393 e. The van der Waals surface area contributed by atoms with Gasteiger partial charge >= 0.3 is 0 Å². The Balaban J connectivity index is 2.07. The molecule has 1 saturated heterocycles. The summed E-state index contributed by atoms with van der Waals surface area (Å²) in [6, 6.07) is 0. The van der Waals surface area contributed by atoms with Gasteiger partial charge in [-0.25, -0.2) is 0 Å². The molecule has 0 aliphatic carbocycles. The molecule has 0 spiro atoms. The lowest BCUT2D eigenvalue weighted by Crippen LogP contribution is -2.48. The number of carbonyl (C=O) groups is 1. The summed E-state index contributed by atoms with van der Waals surface area (Å²) in [6.07, 6.45) is 0.855. The van der Waals surface area contributed by atoms with E-state index in [2.05, 4.69) is 10.6 Å². The van der Waals surface area contributed by atoms with Crippen LogP contribution in [0.15, 0.2) is 0 Å². The first-order valence-corrected chi connectivity index (χ1v) is 5.48. The van der Waals surface area contributed by atoms with Crippen molar-refractivity contribution in [1.29, 1.82) is 0 Å². The first-order valence-electron chi connectivity index (χ1n) is 5.48. The molecule has 15 heavy (non-hydrogen) atoms. The van der Waals surface area contributed by atoms with Gasteiger partial charge in [0.1, 0.15) is 6.10 Å². The van der Waals surface area contributed by atoms with Crippen molar-refractivity contribution in [3.8, 4) is 0 Å². The third kappa shape index (κ3) is 5.11. The smallest absolute Gasteiger partial charge is 0.250 e. The minimum absolute atomic E-state index is 0.0622. The molecule has 0 aromatic carbocycles. The van der Waals surface area contributed by atoms with E-state index in [9.17, 15) is 4.79 Å². The van der Waals surface area contributed by atoms with E-state index >= 15 is 0 Å². The van der Waals surface area contributed by atoms with E-state index in [1.807, 2.05) is 0 Å². The van der Waals surface area contributed by atoms with Crippen LogP contribution >= 0.6 is 0 Å². The average Bonchev–Trinajstić information content (AvgIpc) is 2.25. The molecule has 0 radical (unpaired) electrons. The maximum Gasteiger partial charge on any atom is 0.250 e. The van der Waals surface area contributed by atoms with Crippen LogP contribution in [-0.4, -0.2) is 49.5 Å². The fourth-order valence-electron chi connectivity index (χ4n) is 1.46. The zero-order chi connectivity index (χ0) is 11.1. The van der Waals surface area contributed by atoms with Crippen molar-refractivity contribution in [3.63, 3.8) is 0 Å². The van der Waals surface area contributed by atoms with Crippen LogP contribution in [0, 0.1) is 0 Å². The molecule has 5 heteroatoms. The van der Waals surface area contributed by atoms with Crippen LogP contribution in [0.4, 0.5) is 0 Å². The van der Waals surface area contributed by atoms with E-state index in [1.54, 1.807) is 6.92 Å². The molecule has 0 bridgehead atoms. The molecule has 2 unspecified atom stereocenters. The maximum atomic E-state index is 11.5. The SMILES string of the molecule is CC(O)CCCNC(=O)C1CNCCO1. The van der Waals surface area contributed by atoms with Crippen LogP contribution in [0.1, 0.15) is 19.8 Å². The molecule has 1 fully saturated rings. The number of morpholine rings is 1. The molecule has 1 aliphatic rings. The molecule has 88 valence electrons. The van der Waals surface area contributed by atoms with Gasteiger partial charge in [0.05, 0.1) is 12.7 Å². The normalized spacial score (nSPS) is 23.5. The van der Waals surface area contributed by atoms with Crippen molar-refractivity contribution < 1.29 is 14.6 Å². The van der Waals surface area contributed by atoms with Gasteiger partial charge in [0.2, 0.25) is 5.91 Å². The number of ether oxygens (including phenoxy) is 1. The molecule has 1 amide bonds. The summed E-state index contributed by atoms with van der Waals surface area (Å²) in [5, 5.41) is 14.9. The van der Waals surface area contributed by atoms with Crippen molar-refractivity contribution in [3.05, 3.63) is 0 Å². The summed E-state index contributed by atoms with van der Waals surface area (Å²) >= 11 is 0. The molecule has 1 heterocycles. The van der Waals surface area contributed by atoms with Crippen LogP contribution < -0.4 is 10.6 Å². The van der Waals surface area contributed by atoms with Gasteiger partial charge in [0, 0.05) is 19.6 Å². The highest BCUT2D eigenvalue weighted by atomic mass is 16.5. The van der Waals surface area contributed by atoms with Crippen LogP contribution in [0.5, 0.6) is 0 Å². The molecule has 1 rings (SSSR count). The Morgan fingerprint density at radius 1 is 1.73 bits per heavy atom. The topological polar surface area (TPSA) is 70.6 Å². The largest absolute Gasteiger partial charge is 0.393 e. The monoisotopic (exact) mass is 216 g/mol. The number of rotatable bonds is 5.